The summed E-state index contributed by atoms with van der Waals surface area (Å²) in [5, 5.41) is 3.40. The minimum Gasteiger partial charge on any atom is -0.493 e. The summed E-state index contributed by atoms with van der Waals surface area (Å²) < 4.78 is 27.0. The molecule has 29 heavy (non-hydrogen) atoms. The fourth-order valence-corrected chi connectivity index (χ4v) is 3.37. The highest BCUT2D eigenvalue weighted by Crippen LogP contribution is 2.38. The number of benzene rings is 1. The van der Waals surface area contributed by atoms with Crippen LogP contribution in [0.25, 0.3) is 0 Å². The third kappa shape index (κ3) is 6.68. The second-order valence-electron chi connectivity index (χ2n) is 6.87. The van der Waals surface area contributed by atoms with Crippen molar-refractivity contribution in [3.63, 3.8) is 0 Å². The molecule has 1 atom stereocenters. The van der Waals surface area contributed by atoms with Crippen LogP contribution in [-0.2, 0) is 16.0 Å². The number of nitrogens with one attached hydrogen (secondary N) is 1. The summed E-state index contributed by atoms with van der Waals surface area (Å²) in [5.41, 5.74) is 0.994. The fraction of sp³-hybridized carbons (Fsp3) is 0.667. The maximum atomic E-state index is 5.70. The van der Waals surface area contributed by atoms with Crippen LogP contribution in [0.1, 0.15) is 18.9 Å². The van der Waals surface area contributed by atoms with Crippen molar-refractivity contribution < 1.29 is 23.7 Å². The second-order valence-corrected chi connectivity index (χ2v) is 6.87. The molecule has 1 aromatic rings. The van der Waals surface area contributed by atoms with Crippen molar-refractivity contribution >= 4 is 5.96 Å². The molecule has 0 bridgehead atoms. The molecule has 1 aliphatic heterocycles. The number of likely N-dealkylation sites (tertiary alicyclic amines) is 1. The van der Waals surface area contributed by atoms with E-state index in [2.05, 4.69) is 17.1 Å². The molecular formula is C21H35N3O5. The van der Waals surface area contributed by atoms with E-state index in [1.807, 2.05) is 12.1 Å². The van der Waals surface area contributed by atoms with Gasteiger partial charge >= 0.3 is 0 Å². The van der Waals surface area contributed by atoms with Crippen molar-refractivity contribution in [1.82, 2.24) is 10.2 Å². The van der Waals surface area contributed by atoms with E-state index in [1.165, 1.54) is 0 Å². The molecule has 1 fully saturated rings. The van der Waals surface area contributed by atoms with Crippen LogP contribution in [0.4, 0.5) is 0 Å². The van der Waals surface area contributed by atoms with Crippen molar-refractivity contribution in [3.8, 4) is 17.2 Å². The number of methoxy groups -OCH3 is 4. The average molecular weight is 410 g/mol. The van der Waals surface area contributed by atoms with Gasteiger partial charge < -0.3 is 33.9 Å². The Hall–Kier alpha value is -2.19. The van der Waals surface area contributed by atoms with Crippen LogP contribution >= 0.6 is 0 Å². The van der Waals surface area contributed by atoms with Crippen molar-refractivity contribution in [2.24, 2.45) is 10.9 Å². The zero-order chi connectivity index (χ0) is 21.1. The molecule has 8 heteroatoms. The van der Waals surface area contributed by atoms with Gasteiger partial charge in [0.2, 0.25) is 5.75 Å². The number of hydrogen-bond acceptors (Lipinski definition) is 6. The Labute approximate surface area is 174 Å². The zero-order valence-corrected chi connectivity index (χ0v) is 18.3. The molecule has 2 rings (SSSR count). The van der Waals surface area contributed by atoms with Gasteiger partial charge in [-0.2, -0.15) is 0 Å². The number of aliphatic imine (C=N–C) groups is 1. The molecule has 0 spiro atoms. The highest BCUT2D eigenvalue weighted by atomic mass is 16.5. The molecule has 0 amide bonds. The largest absolute Gasteiger partial charge is 0.493 e. The van der Waals surface area contributed by atoms with Crippen molar-refractivity contribution in [1.29, 1.82) is 0 Å². The van der Waals surface area contributed by atoms with Crippen LogP contribution < -0.4 is 19.5 Å². The Morgan fingerprint density at radius 2 is 1.83 bits per heavy atom. The zero-order valence-electron chi connectivity index (χ0n) is 18.3. The highest BCUT2D eigenvalue weighted by molar-refractivity contribution is 5.80. The first kappa shape index (κ1) is 23.1. The predicted octanol–water partition coefficient (Wildman–Crippen LogP) is 2.16. The van der Waals surface area contributed by atoms with Gasteiger partial charge in [0.15, 0.2) is 17.5 Å². The molecule has 1 heterocycles. The molecule has 1 saturated heterocycles. The van der Waals surface area contributed by atoms with Gasteiger partial charge in [0.25, 0.3) is 0 Å². The first-order valence-corrected chi connectivity index (χ1v) is 10.1. The average Bonchev–Trinajstić information content (AvgIpc) is 3.22. The first-order chi connectivity index (χ1) is 14.2. The van der Waals surface area contributed by atoms with Gasteiger partial charge in [-0.05, 0) is 31.0 Å². The van der Waals surface area contributed by atoms with E-state index in [0.29, 0.717) is 42.9 Å². The van der Waals surface area contributed by atoms with E-state index in [-0.39, 0.29) is 0 Å². The molecule has 0 aromatic heterocycles. The lowest BCUT2D eigenvalue weighted by atomic mass is 10.1. The van der Waals surface area contributed by atoms with Crippen LogP contribution in [0.2, 0.25) is 0 Å². The Morgan fingerprint density at radius 1 is 1.10 bits per heavy atom. The number of ether oxygens (including phenoxy) is 5. The van der Waals surface area contributed by atoms with Crippen molar-refractivity contribution in [2.75, 3.05) is 67.9 Å². The first-order valence-electron chi connectivity index (χ1n) is 10.1. The lowest BCUT2D eigenvalue weighted by Gasteiger charge is -2.22. The van der Waals surface area contributed by atoms with E-state index < -0.39 is 0 Å². The Balaban J connectivity index is 2.04. The molecule has 164 valence electrons. The summed E-state index contributed by atoms with van der Waals surface area (Å²) >= 11 is 0. The molecule has 1 aromatic carbocycles. The maximum absolute atomic E-state index is 5.70. The van der Waals surface area contributed by atoms with Gasteiger partial charge in [-0.15, -0.1) is 0 Å². The fourth-order valence-electron chi connectivity index (χ4n) is 3.37. The van der Waals surface area contributed by atoms with Gasteiger partial charge in [-0.3, -0.25) is 0 Å². The summed E-state index contributed by atoms with van der Waals surface area (Å²) in [6.07, 6.45) is 1.10. The van der Waals surface area contributed by atoms with Gasteiger partial charge in [0, 0.05) is 32.7 Å². The normalized spacial score (nSPS) is 16.8. The van der Waals surface area contributed by atoms with Crippen LogP contribution in [0.15, 0.2) is 17.1 Å². The minimum atomic E-state index is 0.511. The number of rotatable bonds is 11. The summed E-state index contributed by atoms with van der Waals surface area (Å²) in [6, 6.07) is 3.87. The van der Waals surface area contributed by atoms with Gasteiger partial charge in [0.05, 0.1) is 47.7 Å². The molecule has 0 aliphatic carbocycles. The molecule has 8 nitrogen and oxygen atoms in total. The van der Waals surface area contributed by atoms with Gasteiger partial charge in [0.1, 0.15) is 0 Å². The van der Waals surface area contributed by atoms with Gasteiger partial charge in [-0.1, -0.05) is 0 Å². The summed E-state index contributed by atoms with van der Waals surface area (Å²) in [5.74, 6) is 3.29. The topological polar surface area (TPSA) is 73.8 Å². The SMILES string of the molecule is CCNC(=NCc1cc(OC)c(OC)c(OC)c1)N1CCC(COCCOC)C1. The predicted molar refractivity (Wildman–Crippen MR) is 113 cm³/mol. The van der Waals surface area contributed by atoms with E-state index in [1.54, 1.807) is 28.4 Å². The Morgan fingerprint density at radius 3 is 2.41 bits per heavy atom. The standard InChI is InChI=1S/C21H35N3O5/c1-6-22-21(24-8-7-16(14-24)15-29-10-9-25-2)23-13-17-11-18(26-3)20(28-5)19(12-17)27-4/h11-12,16H,6-10,13-15H2,1-5H3,(H,22,23). The van der Waals surface area contributed by atoms with E-state index in [0.717, 1.165) is 44.2 Å². The summed E-state index contributed by atoms with van der Waals surface area (Å²) in [4.78, 5) is 7.13. The maximum Gasteiger partial charge on any atom is 0.203 e. The van der Waals surface area contributed by atoms with Crippen LogP contribution in [0, 0.1) is 5.92 Å². The quantitative estimate of drug-likeness (QED) is 0.341. The third-order valence-corrected chi connectivity index (χ3v) is 4.84. The lowest BCUT2D eigenvalue weighted by Crippen LogP contribution is -2.40. The van der Waals surface area contributed by atoms with Crippen LogP contribution in [0.3, 0.4) is 0 Å². The van der Waals surface area contributed by atoms with Crippen molar-refractivity contribution in [2.45, 2.75) is 19.9 Å². The smallest absolute Gasteiger partial charge is 0.203 e. The second kappa shape index (κ2) is 12.4. The van der Waals surface area contributed by atoms with Crippen LogP contribution in [-0.4, -0.2) is 78.8 Å². The molecular weight excluding hydrogens is 374 g/mol. The third-order valence-electron chi connectivity index (χ3n) is 4.84. The van der Waals surface area contributed by atoms with Crippen molar-refractivity contribution in [3.05, 3.63) is 17.7 Å². The summed E-state index contributed by atoms with van der Waals surface area (Å²) in [7, 11) is 6.53. The van der Waals surface area contributed by atoms with E-state index in [9.17, 15) is 0 Å². The van der Waals surface area contributed by atoms with E-state index in [4.69, 9.17) is 28.7 Å². The number of guanidine groups is 1. The lowest BCUT2D eigenvalue weighted by molar-refractivity contribution is 0.0536. The summed E-state index contributed by atoms with van der Waals surface area (Å²) in [6.45, 7) is 7.36. The molecule has 0 radical (unpaired) electrons. The number of nitrogens with zero attached hydrogens (tertiary/aromatic N) is 2. The molecule has 0 saturated carbocycles. The Kier molecular flexibility index (Phi) is 9.87. The monoisotopic (exact) mass is 409 g/mol. The van der Waals surface area contributed by atoms with Crippen LogP contribution in [0.5, 0.6) is 17.2 Å². The molecule has 1 aliphatic rings. The molecule has 1 N–H and O–H groups in total. The van der Waals surface area contributed by atoms with Gasteiger partial charge in [-0.25, -0.2) is 4.99 Å². The number of hydrogen-bond donors (Lipinski definition) is 1. The highest BCUT2D eigenvalue weighted by Gasteiger charge is 2.25. The minimum absolute atomic E-state index is 0.511. The molecule has 1 unspecified atom stereocenters. The Bertz CT molecular complexity index is 628. The van der Waals surface area contributed by atoms with E-state index >= 15 is 0 Å².